The summed E-state index contributed by atoms with van der Waals surface area (Å²) >= 11 is 1.68. The van der Waals surface area contributed by atoms with Gasteiger partial charge in [-0.2, -0.15) is 11.8 Å². The van der Waals surface area contributed by atoms with Gasteiger partial charge in [0.05, 0.1) is 18.3 Å². The van der Waals surface area contributed by atoms with Gasteiger partial charge in [0.25, 0.3) is 0 Å². The molecular formula is C12H18O5S. The van der Waals surface area contributed by atoms with Crippen molar-refractivity contribution in [2.24, 2.45) is 5.92 Å². The average Bonchev–Trinajstić information content (AvgIpc) is 2.36. The monoisotopic (exact) mass is 274 g/mol. The third-order valence-electron chi connectivity index (χ3n) is 2.25. The van der Waals surface area contributed by atoms with Gasteiger partial charge in [-0.25, -0.2) is 4.79 Å². The molecule has 0 bridgehead atoms. The van der Waals surface area contributed by atoms with Crippen LogP contribution in [0, 0.1) is 5.92 Å². The van der Waals surface area contributed by atoms with Crippen LogP contribution in [0.15, 0.2) is 12.2 Å². The zero-order valence-electron chi connectivity index (χ0n) is 10.6. The quantitative estimate of drug-likeness (QED) is 0.557. The second kappa shape index (κ2) is 7.43. The lowest BCUT2D eigenvalue weighted by Crippen LogP contribution is -2.32. The van der Waals surface area contributed by atoms with Gasteiger partial charge in [-0.1, -0.05) is 6.58 Å². The minimum Gasteiger partial charge on any atom is -0.461 e. The van der Waals surface area contributed by atoms with Crippen molar-refractivity contribution in [1.29, 1.82) is 0 Å². The van der Waals surface area contributed by atoms with Gasteiger partial charge in [-0.15, -0.1) is 0 Å². The molecule has 1 fully saturated rings. The molecule has 18 heavy (non-hydrogen) atoms. The number of ether oxygens (including phenoxy) is 3. The lowest BCUT2D eigenvalue weighted by Gasteiger charge is -2.23. The molecule has 0 aromatic heterocycles. The highest BCUT2D eigenvalue weighted by atomic mass is 32.2. The molecule has 0 aromatic rings. The van der Waals surface area contributed by atoms with Gasteiger partial charge in [0.1, 0.15) is 6.61 Å². The molecule has 1 saturated heterocycles. The Kier molecular flexibility index (Phi) is 6.21. The minimum absolute atomic E-state index is 0.00953. The minimum atomic E-state index is -0.510. The van der Waals surface area contributed by atoms with E-state index in [2.05, 4.69) is 6.58 Å². The average molecular weight is 274 g/mol. The predicted octanol–water partition coefficient (Wildman–Crippen LogP) is 1.37. The molecule has 0 N–H and O–H groups in total. The molecule has 0 amide bonds. The summed E-state index contributed by atoms with van der Waals surface area (Å²) in [5, 5.41) is 0. The van der Waals surface area contributed by atoms with Crippen LogP contribution in [-0.2, 0) is 23.8 Å². The molecule has 0 spiro atoms. The SMILES string of the molecule is C=C(C)C(=O)OC[C@H](C)C(=O)OC1CSCCO1. The summed E-state index contributed by atoms with van der Waals surface area (Å²) in [5.74, 6) is 0.129. The first-order valence-electron chi connectivity index (χ1n) is 5.73. The first kappa shape index (κ1) is 15.0. The summed E-state index contributed by atoms with van der Waals surface area (Å²) in [5.41, 5.74) is 0.308. The van der Waals surface area contributed by atoms with E-state index in [0.29, 0.717) is 17.9 Å². The van der Waals surface area contributed by atoms with E-state index in [9.17, 15) is 9.59 Å². The normalized spacial score (nSPS) is 20.9. The highest BCUT2D eigenvalue weighted by molar-refractivity contribution is 7.99. The molecule has 1 rings (SSSR count). The number of thioether (sulfide) groups is 1. The lowest BCUT2D eigenvalue weighted by atomic mass is 10.2. The van der Waals surface area contributed by atoms with Crippen LogP contribution < -0.4 is 0 Å². The fraction of sp³-hybridized carbons (Fsp3) is 0.667. The van der Waals surface area contributed by atoms with Crippen LogP contribution in [0.25, 0.3) is 0 Å². The van der Waals surface area contributed by atoms with Gasteiger partial charge in [-0.05, 0) is 13.8 Å². The van der Waals surface area contributed by atoms with E-state index >= 15 is 0 Å². The number of esters is 2. The molecule has 0 saturated carbocycles. The molecular weight excluding hydrogens is 256 g/mol. The Bertz CT molecular complexity index is 322. The molecule has 0 radical (unpaired) electrons. The van der Waals surface area contributed by atoms with Crippen LogP contribution in [0.4, 0.5) is 0 Å². The Labute approximate surface area is 111 Å². The topological polar surface area (TPSA) is 61.8 Å². The van der Waals surface area contributed by atoms with Crippen LogP contribution in [0.5, 0.6) is 0 Å². The van der Waals surface area contributed by atoms with Gasteiger partial charge in [-0.3, -0.25) is 4.79 Å². The second-order valence-corrected chi connectivity index (χ2v) is 5.24. The largest absolute Gasteiger partial charge is 0.461 e. The predicted molar refractivity (Wildman–Crippen MR) is 68.1 cm³/mol. The van der Waals surface area contributed by atoms with E-state index in [1.807, 2.05) is 0 Å². The van der Waals surface area contributed by atoms with E-state index in [1.165, 1.54) is 0 Å². The van der Waals surface area contributed by atoms with Gasteiger partial charge < -0.3 is 14.2 Å². The van der Waals surface area contributed by atoms with Crippen molar-refractivity contribution >= 4 is 23.7 Å². The molecule has 0 aliphatic carbocycles. The maximum Gasteiger partial charge on any atom is 0.333 e. The number of carbonyl (C=O) groups is 2. The van der Waals surface area contributed by atoms with E-state index in [0.717, 1.165) is 5.75 Å². The van der Waals surface area contributed by atoms with E-state index in [-0.39, 0.29) is 6.61 Å². The molecule has 1 aliphatic heterocycles. The Morgan fingerprint density at radius 3 is 2.83 bits per heavy atom. The fourth-order valence-electron chi connectivity index (χ4n) is 1.17. The van der Waals surface area contributed by atoms with Crippen LogP contribution in [-0.4, -0.2) is 42.9 Å². The Balaban J connectivity index is 2.27. The summed E-state index contributed by atoms with van der Waals surface area (Å²) in [4.78, 5) is 22.8. The summed E-state index contributed by atoms with van der Waals surface area (Å²) in [6.45, 7) is 7.23. The molecule has 1 aliphatic rings. The van der Waals surface area contributed by atoms with E-state index in [1.54, 1.807) is 25.6 Å². The fourth-order valence-corrected chi connectivity index (χ4v) is 1.91. The molecule has 2 atom stereocenters. The second-order valence-electron chi connectivity index (χ2n) is 4.09. The first-order chi connectivity index (χ1) is 8.50. The van der Waals surface area contributed by atoms with Crippen molar-refractivity contribution in [2.45, 2.75) is 20.1 Å². The summed E-state index contributed by atoms with van der Waals surface area (Å²) in [6.07, 6.45) is -0.490. The third kappa shape index (κ3) is 5.10. The summed E-state index contributed by atoms with van der Waals surface area (Å²) < 4.78 is 15.3. The van der Waals surface area contributed by atoms with E-state index < -0.39 is 24.1 Å². The van der Waals surface area contributed by atoms with Crippen LogP contribution in [0.1, 0.15) is 13.8 Å². The van der Waals surface area contributed by atoms with Crippen LogP contribution in [0.3, 0.4) is 0 Å². The van der Waals surface area contributed by atoms with Crippen LogP contribution >= 0.6 is 11.8 Å². The molecule has 0 aromatic carbocycles. The number of hydrogen-bond acceptors (Lipinski definition) is 6. The zero-order chi connectivity index (χ0) is 13.5. The van der Waals surface area contributed by atoms with Crippen molar-refractivity contribution in [1.82, 2.24) is 0 Å². The van der Waals surface area contributed by atoms with Crippen LogP contribution in [0.2, 0.25) is 0 Å². The van der Waals surface area contributed by atoms with Crippen molar-refractivity contribution in [3.63, 3.8) is 0 Å². The number of carbonyl (C=O) groups excluding carboxylic acids is 2. The Hall–Kier alpha value is -1.01. The van der Waals surface area contributed by atoms with Crippen molar-refractivity contribution in [2.75, 3.05) is 24.7 Å². The smallest absolute Gasteiger partial charge is 0.333 e. The van der Waals surface area contributed by atoms with Gasteiger partial charge in [0.2, 0.25) is 6.29 Å². The zero-order valence-corrected chi connectivity index (χ0v) is 11.5. The van der Waals surface area contributed by atoms with Crippen molar-refractivity contribution in [3.8, 4) is 0 Å². The van der Waals surface area contributed by atoms with Gasteiger partial charge >= 0.3 is 11.9 Å². The molecule has 5 nitrogen and oxygen atoms in total. The summed E-state index contributed by atoms with van der Waals surface area (Å²) in [6, 6.07) is 0. The molecule has 102 valence electrons. The van der Waals surface area contributed by atoms with Crippen molar-refractivity contribution in [3.05, 3.63) is 12.2 Å². The highest BCUT2D eigenvalue weighted by Gasteiger charge is 2.23. The number of hydrogen-bond donors (Lipinski definition) is 0. The third-order valence-corrected chi connectivity index (χ3v) is 3.21. The van der Waals surface area contributed by atoms with Gasteiger partial charge in [0, 0.05) is 11.3 Å². The summed E-state index contributed by atoms with van der Waals surface area (Å²) in [7, 11) is 0. The molecule has 1 unspecified atom stereocenters. The standard InChI is InChI=1S/C12H18O5S/c1-8(2)11(13)16-6-9(3)12(14)17-10-7-18-5-4-15-10/h9-10H,1,4-7H2,2-3H3/t9-,10?/m0/s1. The molecule has 6 heteroatoms. The Morgan fingerprint density at radius 2 is 2.28 bits per heavy atom. The number of rotatable bonds is 5. The maximum atomic E-state index is 11.7. The van der Waals surface area contributed by atoms with Crippen molar-refractivity contribution < 1.29 is 23.8 Å². The molecule has 1 heterocycles. The van der Waals surface area contributed by atoms with E-state index in [4.69, 9.17) is 14.2 Å². The lowest BCUT2D eigenvalue weighted by molar-refractivity contribution is -0.179. The highest BCUT2D eigenvalue weighted by Crippen LogP contribution is 2.15. The first-order valence-corrected chi connectivity index (χ1v) is 6.88. The maximum absolute atomic E-state index is 11.7. The Morgan fingerprint density at radius 1 is 1.56 bits per heavy atom. The van der Waals surface area contributed by atoms with Gasteiger partial charge in [0.15, 0.2) is 0 Å².